The van der Waals surface area contributed by atoms with Gasteiger partial charge in [0.2, 0.25) is 0 Å². The first-order valence-electron chi connectivity index (χ1n) is 6.56. The number of carbonyl (C=O) groups excluding carboxylic acids is 1. The Kier molecular flexibility index (Phi) is 5.40. The Hall–Kier alpha value is -0.610. The first-order chi connectivity index (χ1) is 8.01. The molecule has 1 aliphatic rings. The standard InChI is InChI=1S/C13H26N2O2/c1-5-6-9-15(3)10-13(2,12(16)17-4)14-11-7-8-11/h11,14H,5-10H2,1-4H3. The SMILES string of the molecule is CCCCN(C)CC(C)(NC1CC1)C(=O)OC. The summed E-state index contributed by atoms with van der Waals surface area (Å²) >= 11 is 0. The molecule has 0 radical (unpaired) electrons. The van der Waals surface area contributed by atoms with Crippen molar-refractivity contribution in [3.8, 4) is 0 Å². The zero-order chi connectivity index (χ0) is 12.9. The number of likely N-dealkylation sites (N-methyl/N-ethyl adjacent to an activating group) is 1. The zero-order valence-electron chi connectivity index (χ0n) is 11.6. The van der Waals surface area contributed by atoms with E-state index in [2.05, 4.69) is 24.2 Å². The molecule has 1 unspecified atom stereocenters. The van der Waals surface area contributed by atoms with E-state index in [0.29, 0.717) is 12.6 Å². The first-order valence-corrected chi connectivity index (χ1v) is 6.56. The van der Waals surface area contributed by atoms with E-state index in [-0.39, 0.29) is 5.97 Å². The largest absolute Gasteiger partial charge is 0.468 e. The molecule has 0 aromatic heterocycles. The lowest BCUT2D eigenvalue weighted by Gasteiger charge is -2.32. The normalized spacial score (nSPS) is 19.1. The van der Waals surface area contributed by atoms with Crippen LogP contribution in [0.25, 0.3) is 0 Å². The van der Waals surface area contributed by atoms with Gasteiger partial charge in [-0.2, -0.15) is 0 Å². The van der Waals surface area contributed by atoms with Crippen LogP contribution in [0.15, 0.2) is 0 Å². The maximum absolute atomic E-state index is 11.9. The Labute approximate surface area is 105 Å². The number of nitrogens with one attached hydrogen (secondary N) is 1. The summed E-state index contributed by atoms with van der Waals surface area (Å²) in [6.45, 7) is 5.85. The van der Waals surface area contributed by atoms with Crippen LogP contribution >= 0.6 is 0 Å². The van der Waals surface area contributed by atoms with E-state index < -0.39 is 5.54 Å². The number of ether oxygens (including phenoxy) is 1. The minimum Gasteiger partial charge on any atom is -0.468 e. The average molecular weight is 242 g/mol. The van der Waals surface area contributed by atoms with E-state index >= 15 is 0 Å². The van der Waals surface area contributed by atoms with Crippen LogP contribution in [0.5, 0.6) is 0 Å². The van der Waals surface area contributed by atoms with Crippen molar-refractivity contribution in [2.24, 2.45) is 0 Å². The number of rotatable bonds is 8. The monoisotopic (exact) mass is 242 g/mol. The lowest BCUT2D eigenvalue weighted by atomic mass is 10.0. The molecule has 0 spiro atoms. The molecular formula is C13H26N2O2. The fraction of sp³-hybridized carbons (Fsp3) is 0.923. The summed E-state index contributed by atoms with van der Waals surface area (Å²) < 4.78 is 4.92. The minimum absolute atomic E-state index is 0.159. The maximum Gasteiger partial charge on any atom is 0.327 e. The molecule has 1 fully saturated rings. The molecule has 100 valence electrons. The van der Waals surface area contributed by atoms with E-state index in [4.69, 9.17) is 4.74 Å². The molecular weight excluding hydrogens is 216 g/mol. The van der Waals surface area contributed by atoms with Gasteiger partial charge in [0.1, 0.15) is 5.54 Å². The predicted molar refractivity (Wildman–Crippen MR) is 69.0 cm³/mol. The quantitative estimate of drug-likeness (QED) is 0.653. The molecule has 0 amide bonds. The summed E-state index contributed by atoms with van der Waals surface area (Å²) in [6, 6.07) is 0.499. The molecule has 4 heteroatoms. The first kappa shape index (κ1) is 14.5. The molecule has 0 aromatic carbocycles. The summed E-state index contributed by atoms with van der Waals surface area (Å²) in [5.74, 6) is -0.159. The van der Waals surface area contributed by atoms with Crippen molar-refractivity contribution >= 4 is 5.97 Å². The van der Waals surface area contributed by atoms with Crippen LogP contribution in [0.1, 0.15) is 39.5 Å². The van der Waals surface area contributed by atoms with Crippen molar-refractivity contribution in [1.82, 2.24) is 10.2 Å². The van der Waals surface area contributed by atoms with Gasteiger partial charge in [0.25, 0.3) is 0 Å². The highest BCUT2D eigenvalue weighted by Crippen LogP contribution is 2.23. The number of hydrogen-bond donors (Lipinski definition) is 1. The molecule has 0 bridgehead atoms. The Morgan fingerprint density at radius 2 is 2.18 bits per heavy atom. The molecule has 0 aromatic rings. The van der Waals surface area contributed by atoms with Crippen LogP contribution in [0.4, 0.5) is 0 Å². The Bertz CT molecular complexity index is 254. The third-order valence-corrected chi connectivity index (χ3v) is 3.22. The van der Waals surface area contributed by atoms with E-state index in [1.807, 2.05) is 6.92 Å². The van der Waals surface area contributed by atoms with Gasteiger partial charge in [0.05, 0.1) is 7.11 Å². The fourth-order valence-corrected chi connectivity index (χ4v) is 2.12. The molecule has 0 heterocycles. The molecule has 1 aliphatic carbocycles. The number of hydrogen-bond acceptors (Lipinski definition) is 4. The van der Waals surface area contributed by atoms with E-state index in [1.165, 1.54) is 26.4 Å². The fourth-order valence-electron chi connectivity index (χ4n) is 2.12. The highest BCUT2D eigenvalue weighted by molar-refractivity contribution is 5.80. The highest BCUT2D eigenvalue weighted by Gasteiger charge is 2.40. The molecule has 0 saturated heterocycles. The second-order valence-electron chi connectivity index (χ2n) is 5.33. The van der Waals surface area contributed by atoms with Crippen molar-refractivity contribution in [3.63, 3.8) is 0 Å². The third kappa shape index (κ3) is 4.64. The number of carbonyl (C=O) groups is 1. The summed E-state index contributed by atoms with van der Waals surface area (Å²) in [7, 11) is 3.52. The second-order valence-corrected chi connectivity index (χ2v) is 5.33. The van der Waals surface area contributed by atoms with Crippen LogP contribution in [-0.4, -0.2) is 49.7 Å². The number of nitrogens with zero attached hydrogens (tertiary/aromatic N) is 1. The molecule has 0 aliphatic heterocycles. The van der Waals surface area contributed by atoms with E-state index in [9.17, 15) is 4.79 Å². The van der Waals surface area contributed by atoms with Gasteiger partial charge < -0.3 is 9.64 Å². The van der Waals surface area contributed by atoms with Crippen LogP contribution in [-0.2, 0) is 9.53 Å². The van der Waals surface area contributed by atoms with Gasteiger partial charge in [0.15, 0.2) is 0 Å². The van der Waals surface area contributed by atoms with Crippen LogP contribution in [0.3, 0.4) is 0 Å². The van der Waals surface area contributed by atoms with Crippen molar-refractivity contribution in [2.75, 3.05) is 27.2 Å². The van der Waals surface area contributed by atoms with E-state index in [1.54, 1.807) is 0 Å². The van der Waals surface area contributed by atoms with Gasteiger partial charge >= 0.3 is 5.97 Å². The molecule has 17 heavy (non-hydrogen) atoms. The van der Waals surface area contributed by atoms with Crippen molar-refractivity contribution in [1.29, 1.82) is 0 Å². The predicted octanol–water partition coefficient (Wildman–Crippen LogP) is 1.40. The summed E-state index contributed by atoms with van der Waals surface area (Å²) in [6.07, 6.45) is 4.68. The van der Waals surface area contributed by atoms with Gasteiger partial charge in [-0.25, -0.2) is 0 Å². The van der Waals surface area contributed by atoms with Gasteiger partial charge in [-0.1, -0.05) is 13.3 Å². The van der Waals surface area contributed by atoms with Gasteiger partial charge in [-0.05, 0) is 39.8 Å². The summed E-state index contributed by atoms with van der Waals surface area (Å²) in [5, 5.41) is 3.41. The molecule has 1 saturated carbocycles. The van der Waals surface area contributed by atoms with Gasteiger partial charge in [-0.15, -0.1) is 0 Å². The lowest BCUT2D eigenvalue weighted by molar-refractivity contribution is -0.148. The molecule has 1 N–H and O–H groups in total. The van der Waals surface area contributed by atoms with Crippen LogP contribution < -0.4 is 5.32 Å². The minimum atomic E-state index is -0.571. The third-order valence-electron chi connectivity index (χ3n) is 3.22. The van der Waals surface area contributed by atoms with Gasteiger partial charge in [0, 0.05) is 12.6 Å². The summed E-state index contributed by atoms with van der Waals surface area (Å²) in [5.41, 5.74) is -0.571. The summed E-state index contributed by atoms with van der Waals surface area (Å²) in [4.78, 5) is 14.1. The average Bonchev–Trinajstić information content (AvgIpc) is 3.08. The van der Waals surface area contributed by atoms with Crippen molar-refractivity contribution in [3.05, 3.63) is 0 Å². The van der Waals surface area contributed by atoms with Crippen LogP contribution in [0.2, 0.25) is 0 Å². The van der Waals surface area contributed by atoms with Crippen molar-refractivity contribution < 1.29 is 9.53 Å². The maximum atomic E-state index is 11.9. The highest BCUT2D eigenvalue weighted by atomic mass is 16.5. The zero-order valence-corrected chi connectivity index (χ0v) is 11.6. The van der Waals surface area contributed by atoms with Crippen LogP contribution in [0, 0.1) is 0 Å². The lowest BCUT2D eigenvalue weighted by Crippen LogP contribution is -2.57. The second kappa shape index (κ2) is 6.36. The topological polar surface area (TPSA) is 41.6 Å². The molecule has 1 rings (SSSR count). The molecule has 4 nitrogen and oxygen atoms in total. The number of methoxy groups -OCH3 is 1. The smallest absolute Gasteiger partial charge is 0.327 e. The van der Waals surface area contributed by atoms with Crippen molar-refractivity contribution in [2.45, 2.75) is 51.1 Å². The van der Waals surface area contributed by atoms with E-state index in [0.717, 1.165) is 13.0 Å². The van der Waals surface area contributed by atoms with Gasteiger partial charge in [-0.3, -0.25) is 10.1 Å². The Balaban J connectivity index is 2.52. The number of unbranched alkanes of at least 4 members (excludes halogenated alkanes) is 1. The Morgan fingerprint density at radius 3 is 2.65 bits per heavy atom. The Morgan fingerprint density at radius 1 is 1.53 bits per heavy atom. The molecule has 1 atom stereocenters. The number of esters is 1.